The van der Waals surface area contributed by atoms with Crippen molar-refractivity contribution in [1.29, 1.82) is 0 Å². The van der Waals surface area contributed by atoms with Gasteiger partial charge in [0.15, 0.2) is 0 Å². The van der Waals surface area contributed by atoms with Crippen molar-refractivity contribution >= 4 is 0 Å². The Morgan fingerprint density at radius 3 is 2.50 bits per heavy atom. The minimum Gasteiger partial charge on any atom is -0.297 e. The van der Waals surface area contributed by atoms with Gasteiger partial charge in [-0.25, -0.2) is 5.43 Å². The van der Waals surface area contributed by atoms with Crippen molar-refractivity contribution in [3.8, 4) is 0 Å². The Balaban J connectivity index is 2.23. The highest BCUT2D eigenvalue weighted by Gasteiger charge is 2.10. The molecule has 2 unspecified atom stereocenters. The van der Waals surface area contributed by atoms with Crippen LogP contribution in [-0.2, 0) is 0 Å². The van der Waals surface area contributed by atoms with Crippen LogP contribution >= 0.6 is 0 Å². The molecule has 0 aliphatic carbocycles. The summed E-state index contributed by atoms with van der Waals surface area (Å²) in [5, 5.41) is 3.31. The summed E-state index contributed by atoms with van der Waals surface area (Å²) in [6.45, 7) is 5.25. The van der Waals surface area contributed by atoms with E-state index in [0.717, 1.165) is 6.54 Å². The third-order valence-corrected chi connectivity index (χ3v) is 1.26. The lowest BCUT2D eigenvalue weighted by Crippen LogP contribution is -2.59. The maximum atomic E-state index is 3.31. The van der Waals surface area contributed by atoms with Gasteiger partial charge in [-0.3, -0.25) is 10.7 Å². The van der Waals surface area contributed by atoms with Crippen LogP contribution in [-0.4, -0.2) is 18.8 Å². The fraction of sp³-hybridized carbons (Fsp3) is 1.00. The van der Waals surface area contributed by atoms with Crippen LogP contribution in [0, 0.1) is 0 Å². The molecule has 1 heterocycles. The summed E-state index contributed by atoms with van der Waals surface area (Å²) in [4.78, 5) is 0. The Morgan fingerprint density at radius 2 is 2.12 bits per heavy atom. The molecular formula is C5H13N3. The van der Waals surface area contributed by atoms with Crippen LogP contribution in [0.2, 0.25) is 0 Å². The van der Waals surface area contributed by atoms with Crippen molar-refractivity contribution in [3.63, 3.8) is 0 Å². The summed E-state index contributed by atoms with van der Waals surface area (Å²) in [6, 6.07) is 0.589. The minimum absolute atomic E-state index is 0.402. The first kappa shape index (κ1) is 6.01. The molecule has 0 spiro atoms. The van der Waals surface area contributed by atoms with E-state index in [4.69, 9.17) is 0 Å². The fourth-order valence-corrected chi connectivity index (χ4v) is 0.892. The molecule has 1 rings (SSSR count). The van der Waals surface area contributed by atoms with Crippen LogP contribution in [0.1, 0.15) is 13.8 Å². The van der Waals surface area contributed by atoms with E-state index in [0.29, 0.717) is 12.2 Å². The molecule has 0 bridgehead atoms. The summed E-state index contributed by atoms with van der Waals surface area (Å²) in [5.41, 5.74) is 6.12. The zero-order valence-electron chi connectivity index (χ0n) is 5.36. The van der Waals surface area contributed by atoms with E-state index < -0.39 is 0 Å². The molecule has 1 saturated heterocycles. The van der Waals surface area contributed by atoms with Gasteiger partial charge < -0.3 is 0 Å². The molecule has 48 valence electrons. The third kappa shape index (κ3) is 1.43. The summed E-state index contributed by atoms with van der Waals surface area (Å²) < 4.78 is 0. The Labute approximate surface area is 49.8 Å². The van der Waals surface area contributed by atoms with Crippen molar-refractivity contribution < 1.29 is 0 Å². The molecule has 1 aliphatic rings. The van der Waals surface area contributed by atoms with Gasteiger partial charge in [0, 0.05) is 12.6 Å². The van der Waals surface area contributed by atoms with Crippen LogP contribution in [0.15, 0.2) is 0 Å². The van der Waals surface area contributed by atoms with Gasteiger partial charge in [0.05, 0.1) is 6.17 Å². The van der Waals surface area contributed by atoms with Crippen LogP contribution in [0.5, 0.6) is 0 Å². The molecule has 0 aromatic rings. The molecule has 3 nitrogen and oxygen atoms in total. The third-order valence-electron chi connectivity index (χ3n) is 1.26. The van der Waals surface area contributed by atoms with E-state index in [-0.39, 0.29) is 0 Å². The van der Waals surface area contributed by atoms with Crippen molar-refractivity contribution in [3.05, 3.63) is 0 Å². The van der Waals surface area contributed by atoms with Crippen molar-refractivity contribution in [2.45, 2.75) is 26.1 Å². The Hall–Kier alpha value is -0.120. The average molecular weight is 115 g/mol. The molecule has 0 radical (unpaired) electrons. The predicted molar refractivity (Wildman–Crippen MR) is 33.2 cm³/mol. The summed E-state index contributed by atoms with van der Waals surface area (Å²) >= 11 is 0. The van der Waals surface area contributed by atoms with E-state index in [2.05, 4.69) is 30.0 Å². The fourth-order valence-electron chi connectivity index (χ4n) is 0.892. The number of hydrazine groups is 1. The molecule has 2 atom stereocenters. The molecule has 0 aromatic heterocycles. The first-order valence-corrected chi connectivity index (χ1v) is 3.03. The van der Waals surface area contributed by atoms with Crippen LogP contribution in [0.25, 0.3) is 0 Å². The molecule has 3 N–H and O–H groups in total. The van der Waals surface area contributed by atoms with Crippen LogP contribution in [0.3, 0.4) is 0 Å². The number of hydrogen-bond acceptors (Lipinski definition) is 3. The van der Waals surface area contributed by atoms with Gasteiger partial charge in [-0.2, -0.15) is 0 Å². The second kappa shape index (κ2) is 2.44. The maximum Gasteiger partial charge on any atom is 0.0677 e. The van der Waals surface area contributed by atoms with Gasteiger partial charge in [0.25, 0.3) is 0 Å². The van der Waals surface area contributed by atoms with Crippen molar-refractivity contribution in [2.24, 2.45) is 0 Å². The zero-order chi connectivity index (χ0) is 5.98. The molecule has 8 heavy (non-hydrogen) atoms. The standard InChI is InChI=1S/C5H13N3/c1-4-3-6-8-5(2)7-4/h4-8H,3H2,1-2H3. The van der Waals surface area contributed by atoms with Crippen molar-refractivity contribution in [1.82, 2.24) is 16.2 Å². The van der Waals surface area contributed by atoms with Gasteiger partial charge >= 0.3 is 0 Å². The van der Waals surface area contributed by atoms with E-state index >= 15 is 0 Å². The SMILES string of the molecule is CC1CNNC(C)N1. The maximum absolute atomic E-state index is 3.31. The topological polar surface area (TPSA) is 36.1 Å². The summed E-state index contributed by atoms with van der Waals surface area (Å²) in [6.07, 6.45) is 0.402. The van der Waals surface area contributed by atoms with Gasteiger partial charge in [-0.1, -0.05) is 0 Å². The van der Waals surface area contributed by atoms with E-state index in [1.165, 1.54) is 0 Å². The van der Waals surface area contributed by atoms with Gasteiger partial charge in [-0.15, -0.1) is 0 Å². The lowest BCUT2D eigenvalue weighted by molar-refractivity contribution is 0.286. The Morgan fingerprint density at radius 1 is 1.38 bits per heavy atom. The number of hydrogen-bond donors (Lipinski definition) is 3. The predicted octanol–water partition coefficient (Wildman–Crippen LogP) is -0.582. The van der Waals surface area contributed by atoms with E-state index in [9.17, 15) is 0 Å². The van der Waals surface area contributed by atoms with Crippen LogP contribution < -0.4 is 16.2 Å². The molecule has 1 aliphatic heterocycles. The highest BCUT2D eigenvalue weighted by atomic mass is 15.4. The number of nitrogens with one attached hydrogen (secondary N) is 3. The van der Waals surface area contributed by atoms with E-state index in [1.54, 1.807) is 0 Å². The Bertz CT molecular complexity index is 66.1. The second-order valence-electron chi connectivity index (χ2n) is 2.31. The molecule has 0 aromatic carbocycles. The second-order valence-corrected chi connectivity index (χ2v) is 2.31. The first-order valence-electron chi connectivity index (χ1n) is 3.03. The summed E-state index contributed by atoms with van der Waals surface area (Å²) in [7, 11) is 0. The molecule has 0 saturated carbocycles. The average Bonchev–Trinajstić information content (AvgIpc) is 1.64. The largest absolute Gasteiger partial charge is 0.297 e. The van der Waals surface area contributed by atoms with Gasteiger partial charge in [-0.05, 0) is 13.8 Å². The van der Waals surface area contributed by atoms with Gasteiger partial charge in [0.1, 0.15) is 0 Å². The highest BCUT2D eigenvalue weighted by Crippen LogP contribution is 1.85. The summed E-state index contributed by atoms with van der Waals surface area (Å²) in [5.74, 6) is 0. The molecule has 0 amide bonds. The van der Waals surface area contributed by atoms with Crippen molar-refractivity contribution in [2.75, 3.05) is 6.54 Å². The zero-order valence-corrected chi connectivity index (χ0v) is 5.36. The monoisotopic (exact) mass is 115 g/mol. The molecular weight excluding hydrogens is 102 g/mol. The minimum atomic E-state index is 0.402. The number of rotatable bonds is 0. The smallest absolute Gasteiger partial charge is 0.0677 e. The molecule has 3 heteroatoms. The van der Waals surface area contributed by atoms with E-state index in [1.807, 2.05) is 0 Å². The first-order chi connectivity index (χ1) is 3.79. The quantitative estimate of drug-likeness (QED) is 0.395. The lowest BCUT2D eigenvalue weighted by atomic mass is 10.3. The van der Waals surface area contributed by atoms with Gasteiger partial charge in [0.2, 0.25) is 0 Å². The Kier molecular flexibility index (Phi) is 1.83. The highest BCUT2D eigenvalue weighted by molar-refractivity contribution is 4.70. The van der Waals surface area contributed by atoms with Crippen LogP contribution in [0.4, 0.5) is 0 Å². The lowest BCUT2D eigenvalue weighted by Gasteiger charge is -2.27. The normalized spacial score (nSPS) is 39.8. The molecule has 1 fully saturated rings.